The minimum atomic E-state index is -0.118. The van der Waals surface area contributed by atoms with Crippen LogP contribution in [0.1, 0.15) is 6.92 Å². The van der Waals surface area contributed by atoms with Crippen LogP contribution < -0.4 is 0 Å². The first-order valence-electron chi connectivity index (χ1n) is 2.39. The fourth-order valence-corrected chi connectivity index (χ4v) is 0.531. The zero-order valence-corrected chi connectivity index (χ0v) is 4.57. The van der Waals surface area contributed by atoms with E-state index in [9.17, 15) is 4.79 Å². The molecule has 0 saturated heterocycles. The number of rotatable bonds is 1. The van der Waals surface area contributed by atoms with E-state index in [1.54, 1.807) is 13.1 Å². The quantitative estimate of drug-likeness (QED) is 0.457. The summed E-state index contributed by atoms with van der Waals surface area (Å²) in [5.74, 6) is 0. The number of nitrogens with zero attached hydrogens (tertiary/aromatic N) is 1. The van der Waals surface area contributed by atoms with E-state index in [0.29, 0.717) is 0 Å². The van der Waals surface area contributed by atoms with Gasteiger partial charge in [-0.3, -0.25) is 9.69 Å². The minimum absolute atomic E-state index is 0.118. The predicted octanol–water partition coefficient (Wildman–Crippen LogP) is 0.292. The molecule has 3 nitrogen and oxygen atoms in total. The third kappa shape index (κ3) is 0.665. The molecule has 0 aliphatic carbocycles. The van der Waals surface area contributed by atoms with Crippen LogP contribution in [0.5, 0.6) is 0 Å². The molecular weight excluding hydrogens is 106 g/mol. The molecular formula is C5H7NO2. The number of carbonyl (C=O) groups is 1. The van der Waals surface area contributed by atoms with Crippen molar-refractivity contribution < 1.29 is 9.53 Å². The van der Waals surface area contributed by atoms with Gasteiger partial charge in [0, 0.05) is 6.20 Å². The lowest BCUT2D eigenvalue weighted by Gasteiger charge is -2.11. The molecule has 0 fully saturated rings. The van der Waals surface area contributed by atoms with Gasteiger partial charge < -0.3 is 4.74 Å². The first-order chi connectivity index (χ1) is 3.84. The topological polar surface area (TPSA) is 29.5 Å². The lowest BCUT2D eigenvalue weighted by Crippen LogP contribution is -2.22. The van der Waals surface area contributed by atoms with E-state index in [4.69, 9.17) is 4.74 Å². The molecule has 1 aliphatic heterocycles. The summed E-state index contributed by atoms with van der Waals surface area (Å²) in [6.45, 7) is 1.80. The molecule has 3 heteroatoms. The third-order valence-corrected chi connectivity index (χ3v) is 1.05. The van der Waals surface area contributed by atoms with E-state index >= 15 is 0 Å². The van der Waals surface area contributed by atoms with Gasteiger partial charge in [0.05, 0.1) is 0 Å². The summed E-state index contributed by atoms with van der Waals surface area (Å²) in [7, 11) is 0. The summed E-state index contributed by atoms with van der Waals surface area (Å²) in [6, 6.07) is 0. The number of amides is 1. The van der Waals surface area contributed by atoms with E-state index in [0.717, 1.165) is 6.41 Å². The fraction of sp³-hybridized carbons (Fsp3) is 0.400. The normalized spacial score (nSPS) is 25.6. The first kappa shape index (κ1) is 5.15. The van der Waals surface area contributed by atoms with Gasteiger partial charge in [-0.15, -0.1) is 0 Å². The predicted molar refractivity (Wildman–Crippen MR) is 27.6 cm³/mol. The molecule has 44 valence electrons. The maximum absolute atomic E-state index is 10.0. The molecule has 1 aliphatic rings. The number of ether oxygens (including phenoxy) is 1. The smallest absolute Gasteiger partial charge is 0.216 e. The highest BCUT2D eigenvalue weighted by Gasteiger charge is 2.12. The lowest BCUT2D eigenvalue weighted by molar-refractivity contribution is -0.120. The summed E-state index contributed by atoms with van der Waals surface area (Å²) in [5, 5.41) is 0. The first-order valence-corrected chi connectivity index (χ1v) is 2.39. The Bertz CT molecular complexity index is 122. The summed E-state index contributed by atoms with van der Waals surface area (Å²) < 4.78 is 4.87. The molecule has 1 atom stereocenters. The molecule has 1 rings (SSSR count). The van der Waals surface area contributed by atoms with Crippen molar-refractivity contribution in [3.63, 3.8) is 0 Å². The molecule has 1 heterocycles. The van der Waals surface area contributed by atoms with Crippen LogP contribution in [0.2, 0.25) is 0 Å². The summed E-state index contributed by atoms with van der Waals surface area (Å²) in [5.41, 5.74) is 0. The summed E-state index contributed by atoms with van der Waals surface area (Å²) in [6.07, 6.45) is 3.71. The largest absolute Gasteiger partial charge is 0.476 e. The molecule has 1 unspecified atom stereocenters. The Morgan fingerprint density at radius 1 is 1.88 bits per heavy atom. The van der Waals surface area contributed by atoms with Crippen molar-refractivity contribution in [1.29, 1.82) is 0 Å². The molecule has 8 heavy (non-hydrogen) atoms. The van der Waals surface area contributed by atoms with E-state index in [-0.39, 0.29) is 6.23 Å². The number of hydrogen-bond acceptors (Lipinski definition) is 2. The van der Waals surface area contributed by atoms with Crippen molar-refractivity contribution in [1.82, 2.24) is 4.90 Å². The zero-order valence-electron chi connectivity index (χ0n) is 4.57. The van der Waals surface area contributed by atoms with Crippen molar-refractivity contribution in [3.8, 4) is 0 Å². The van der Waals surface area contributed by atoms with E-state index in [1.807, 2.05) is 0 Å². The third-order valence-electron chi connectivity index (χ3n) is 1.05. The monoisotopic (exact) mass is 113 g/mol. The van der Waals surface area contributed by atoms with Gasteiger partial charge in [-0.1, -0.05) is 0 Å². The highest BCUT2D eigenvalue weighted by molar-refractivity contribution is 5.49. The fourth-order valence-electron chi connectivity index (χ4n) is 0.531. The molecule has 0 spiro atoms. The molecule has 0 N–H and O–H groups in total. The van der Waals surface area contributed by atoms with Gasteiger partial charge in [0.25, 0.3) is 0 Å². The van der Waals surface area contributed by atoms with Crippen molar-refractivity contribution in [2.75, 3.05) is 0 Å². The number of hydrogen-bond donors (Lipinski definition) is 0. The Hall–Kier alpha value is -0.990. The Labute approximate surface area is 47.5 Å². The highest BCUT2D eigenvalue weighted by Crippen LogP contribution is 2.05. The standard InChI is InChI=1S/C5H7NO2/c1-5-6(4-7)2-3-8-5/h2-5H,1H3. The number of carbonyl (C=O) groups excluding carboxylic acids is 1. The Balaban J connectivity index is 2.52. The molecule has 0 aromatic heterocycles. The molecule has 0 radical (unpaired) electrons. The van der Waals surface area contributed by atoms with Crippen LogP contribution in [0, 0.1) is 0 Å². The molecule has 1 amide bonds. The van der Waals surface area contributed by atoms with Gasteiger partial charge in [0.1, 0.15) is 6.26 Å². The second-order valence-corrected chi connectivity index (χ2v) is 1.57. The van der Waals surface area contributed by atoms with Crippen molar-refractivity contribution in [3.05, 3.63) is 12.5 Å². The van der Waals surface area contributed by atoms with E-state index < -0.39 is 0 Å². The molecule has 0 bridgehead atoms. The Kier molecular flexibility index (Phi) is 1.20. The van der Waals surface area contributed by atoms with Gasteiger partial charge in [0.2, 0.25) is 6.41 Å². The van der Waals surface area contributed by atoms with Crippen LogP contribution >= 0.6 is 0 Å². The second-order valence-electron chi connectivity index (χ2n) is 1.57. The zero-order chi connectivity index (χ0) is 5.98. The molecule has 0 aromatic carbocycles. The van der Waals surface area contributed by atoms with Crippen LogP contribution in [-0.2, 0) is 9.53 Å². The second kappa shape index (κ2) is 1.86. The van der Waals surface area contributed by atoms with Crippen LogP contribution in [0.3, 0.4) is 0 Å². The van der Waals surface area contributed by atoms with Crippen molar-refractivity contribution in [2.45, 2.75) is 13.2 Å². The van der Waals surface area contributed by atoms with Crippen LogP contribution in [-0.4, -0.2) is 17.5 Å². The summed E-state index contributed by atoms with van der Waals surface area (Å²) >= 11 is 0. The maximum atomic E-state index is 10.0. The van der Waals surface area contributed by atoms with Gasteiger partial charge >= 0.3 is 0 Å². The van der Waals surface area contributed by atoms with Gasteiger partial charge in [-0.05, 0) is 6.92 Å². The molecule has 0 aromatic rings. The highest BCUT2D eigenvalue weighted by atomic mass is 16.5. The van der Waals surface area contributed by atoms with Gasteiger partial charge in [-0.25, -0.2) is 0 Å². The van der Waals surface area contributed by atoms with Crippen molar-refractivity contribution in [2.24, 2.45) is 0 Å². The average Bonchev–Trinajstić information content (AvgIpc) is 2.14. The average molecular weight is 113 g/mol. The Morgan fingerprint density at radius 2 is 2.62 bits per heavy atom. The Morgan fingerprint density at radius 3 is 2.88 bits per heavy atom. The maximum Gasteiger partial charge on any atom is 0.216 e. The van der Waals surface area contributed by atoms with E-state index in [2.05, 4.69) is 0 Å². The van der Waals surface area contributed by atoms with Crippen LogP contribution in [0.4, 0.5) is 0 Å². The molecule has 0 saturated carbocycles. The van der Waals surface area contributed by atoms with E-state index in [1.165, 1.54) is 11.2 Å². The minimum Gasteiger partial charge on any atom is -0.476 e. The van der Waals surface area contributed by atoms with Gasteiger partial charge in [-0.2, -0.15) is 0 Å². The van der Waals surface area contributed by atoms with Crippen LogP contribution in [0.25, 0.3) is 0 Å². The summed E-state index contributed by atoms with van der Waals surface area (Å²) in [4.78, 5) is 11.5. The van der Waals surface area contributed by atoms with Crippen LogP contribution in [0.15, 0.2) is 12.5 Å². The van der Waals surface area contributed by atoms with Crippen molar-refractivity contribution >= 4 is 6.41 Å². The SMILES string of the molecule is CC1OC=CN1C=O. The van der Waals surface area contributed by atoms with Gasteiger partial charge in [0.15, 0.2) is 6.23 Å². The lowest BCUT2D eigenvalue weighted by atomic mass is 10.6.